The Morgan fingerprint density at radius 3 is 2.71 bits per heavy atom. The molecule has 0 bridgehead atoms. The second kappa shape index (κ2) is 5.22. The van der Waals surface area contributed by atoms with Crippen LogP contribution in [-0.4, -0.2) is 5.97 Å². The number of ether oxygens (including phenoxy) is 1. The summed E-state index contributed by atoms with van der Waals surface area (Å²) in [6.45, 7) is 5.98. The molecule has 1 aliphatic heterocycles. The maximum Gasteiger partial charge on any atom is 0.338 e. The highest BCUT2D eigenvalue weighted by Crippen LogP contribution is 2.17. The normalized spacial score (nSPS) is 12.2. The smallest absolute Gasteiger partial charge is 0.338 e. The van der Waals surface area contributed by atoms with E-state index in [-0.39, 0.29) is 5.97 Å². The van der Waals surface area contributed by atoms with E-state index in [0.29, 0.717) is 12.2 Å². The van der Waals surface area contributed by atoms with E-state index in [9.17, 15) is 4.79 Å². The third kappa shape index (κ3) is 2.46. The zero-order valence-electron chi connectivity index (χ0n) is 8.32. The number of esters is 1. The van der Waals surface area contributed by atoms with Crippen molar-refractivity contribution in [3.05, 3.63) is 48.0 Å². The molecule has 0 amide bonds. The number of carbonyl (C=O) groups is 1. The van der Waals surface area contributed by atoms with Crippen LogP contribution in [0.1, 0.15) is 29.3 Å². The van der Waals surface area contributed by atoms with E-state index >= 15 is 0 Å². The van der Waals surface area contributed by atoms with E-state index in [1.165, 1.54) is 0 Å². The van der Waals surface area contributed by atoms with Crippen molar-refractivity contribution >= 4 is 5.97 Å². The molecule has 0 N–H and O–H groups in total. The fourth-order valence-electron chi connectivity index (χ4n) is 1.07. The molecule has 1 aromatic carbocycles. The van der Waals surface area contributed by atoms with Crippen LogP contribution in [-0.2, 0) is 11.3 Å². The summed E-state index contributed by atoms with van der Waals surface area (Å²) in [6, 6.07) is 7.43. The van der Waals surface area contributed by atoms with Gasteiger partial charge in [-0.3, -0.25) is 0 Å². The molecular formula is C12H14O2. The second-order valence-corrected chi connectivity index (χ2v) is 2.93. The van der Waals surface area contributed by atoms with E-state index in [2.05, 4.69) is 13.5 Å². The second-order valence-electron chi connectivity index (χ2n) is 2.93. The molecule has 1 aliphatic rings. The van der Waals surface area contributed by atoms with E-state index in [1.807, 2.05) is 24.3 Å². The van der Waals surface area contributed by atoms with E-state index < -0.39 is 0 Å². The zero-order valence-corrected chi connectivity index (χ0v) is 8.32. The van der Waals surface area contributed by atoms with Gasteiger partial charge in [0.05, 0.1) is 5.56 Å². The minimum Gasteiger partial charge on any atom is -0.457 e. The molecule has 0 spiro atoms. The van der Waals surface area contributed by atoms with Gasteiger partial charge in [-0.05, 0) is 12.5 Å². The summed E-state index contributed by atoms with van der Waals surface area (Å²) in [4.78, 5) is 10.8. The number of carbonyl (C=O) groups excluding carboxylic acids is 1. The lowest BCUT2D eigenvalue weighted by molar-refractivity contribution is 0.0535. The predicted octanol–water partition coefficient (Wildman–Crippen LogP) is 2.94. The SMILES string of the molecule is C=CCC.O=C1OCc2ccccc21. The number of allylic oxidation sites excluding steroid dienone is 1. The minimum atomic E-state index is -0.199. The average molecular weight is 190 g/mol. The van der Waals surface area contributed by atoms with E-state index in [4.69, 9.17) is 4.74 Å². The highest BCUT2D eigenvalue weighted by atomic mass is 16.5. The van der Waals surface area contributed by atoms with Crippen molar-refractivity contribution in [1.82, 2.24) is 0 Å². The summed E-state index contributed by atoms with van der Waals surface area (Å²) in [5.74, 6) is -0.199. The van der Waals surface area contributed by atoms with Gasteiger partial charge in [-0.15, -0.1) is 6.58 Å². The molecule has 0 aromatic heterocycles. The Labute approximate surface area is 84.2 Å². The van der Waals surface area contributed by atoms with Gasteiger partial charge < -0.3 is 4.74 Å². The summed E-state index contributed by atoms with van der Waals surface area (Å²) in [6.07, 6.45) is 2.96. The molecule has 74 valence electrons. The maximum absolute atomic E-state index is 10.8. The highest BCUT2D eigenvalue weighted by Gasteiger charge is 2.18. The Kier molecular flexibility index (Phi) is 3.92. The van der Waals surface area contributed by atoms with Crippen molar-refractivity contribution in [3.8, 4) is 0 Å². The molecule has 14 heavy (non-hydrogen) atoms. The van der Waals surface area contributed by atoms with E-state index in [0.717, 1.165) is 12.0 Å². The van der Waals surface area contributed by atoms with Crippen LogP contribution in [0.5, 0.6) is 0 Å². The molecule has 0 atom stereocenters. The van der Waals surface area contributed by atoms with Crippen LogP contribution < -0.4 is 0 Å². The standard InChI is InChI=1S/C8H6O2.C4H8/c9-8-7-4-2-1-3-6(7)5-10-8;1-3-4-2/h1-4H,5H2;3H,1,4H2,2H3. The van der Waals surface area contributed by atoms with Gasteiger partial charge in [0.25, 0.3) is 0 Å². The van der Waals surface area contributed by atoms with Crippen LogP contribution in [0.2, 0.25) is 0 Å². The van der Waals surface area contributed by atoms with Gasteiger partial charge in [0.2, 0.25) is 0 Å². The topological polar surface area (TPSA) is 26.3 Å². The Morgan fingerprint density at radius 1 is 1.50 bits per heavy atom. The van der Waals surface area contributed by atoms with Gasteiger partial charge in [0.1, 0.15) is 6.61 Å². The fraction of sp³-hybridized carbons (Fsp3) is 0.250. The van der Waals surface area contributed by atoms with Crippen LogP contribution in [0.4, 0.5) is 0 Å². The quantitative estimate of drug-likeness (QED) is 0.502. The van der Waals surface area contributed by atoms with Gasteiger partial charge in [0.15, 0.2) is 0 Å². The summed E-state index contributed by atoms with van der Waals surface area (Å²) in [5, 5.41) is 0. The van der Waals surface area contributed by atoms with Crippen LogP contribution in [0, 0.1) is 0 Å². The number of cyclic esters (lactones) is 1. The van der Waals surface area contributed by atoms with Crippen molar-refractivity contribution in [2.75, 3.05) is 0 Å². The summed E-state index contributed by atoms with van der Waals surface area (Å²) >= 11 is 0. The minimum absolute atomic E-state index is 0.199. The third-order valence-electron chi connectivity index (χ3n) is 1.88. The summed E-state index contributed by atoms with van der Waals surface area (Å²) < 4.78 is 4.78. The first-order chi connectivity index (χ1) is 6.79. The molecule has 1 heterocycles. The molecule has 0 aliphatic carbocycles. The number of rotatable bonds is 1. The van der Waals surface area contributed by atoms with Gasteiger partial charge in [-0.25, -0.2) is 4.79 Å². The zero-order chi connectivity index (χ0) is 10.4. The maximum atomic E-state index is 10.8. The monoisotopic (exact) mass is 190 g/mol. The van der Waals surface area contributed by atoms with E-state index in [1.54, 1.807) is 6.07 Å². The lowest BCUT2D eigenvalue weighted by Crippen LogP contribution is -1.91. The van der Waals surface area contributed by atoms with Gasteiger partial charge in [0, 0.05) is 5.56 Å². The molecule has 0 unspecified atom stereocenters. The van der Waals surface area contributed by atoms with Crippen LogP contribution in [0.25, 0.3) is 0 Å². The third-order valence-corrected chi connectivity index (χ3v) is 1.88. The molecule has 2 heteroatoms. The lowest BCUT2D eigenvalue weighted by Gasteiger charge is -1.87. The van der Waals surface area contributed by atoms with Crippen molar-refractivity contribution in [2.24, 2.45) is 0 Å². The fourth-order valence-corrected chi connectivity index (χ4v) is 1.07. The number of benzene rings is 1. The Balaban J connectivity index is 0.000000213. The van der Waals surface area contributed by atoms with Gasteiger partial charge in [-0.2, -0.15) is 0 Å². The van der Waals surface area contributed by atoms with Gasteiger partial charge >= 0.3 is 5.97 Å². The van der Waals surface area contributed by atoms with Crippen molar-refractivity contribution in [1.29, 1.82) is 0 Å². The largest absolute Gasteiger partial charge is 0.457 e. The first kappa shape index (κ1) is 10.5. The number of hydrogen-bond donors (Lipinski definition) is 0. The molecule has 2 rings (SSSR count). The van der Waals surface area contributed by atoms with Crippen LogP contribution in [0.15, 0.2) is 36.9 Å². The first-order valence-electron chi connectivity index (χ1n) is 4.65. The molecule has 2 nitrogen and oxygen atoms in total. The predicted molar refractivity (Wildman–Crippen MR) is 56.0 cm³/mol. The Bertz CT molecular complexity index is 329. The van der Waals surface area contributed by atoms with Crippen LogP contribution >= 0.6 is 0 Å². The summed E-state index contributed by atoms with van der Waals surface area (Å²) in [7, 11) is 0. The van der Waals surface area contributed by atoms with Crippen molar-refractivity contribution in [2.45, 2.75) is 20.0 Å². The molecule has 0 saturated carbocycles. The molecule has 0 saturated heterocycles. The summed E-state index contributed by atoms with van der Waals surface area (Å²) in [5.41, 5.74) is 1.70. The first-order valence-corrected chi connectivity index (χ1v) is 4.65. The molecule has 0 fully saturated rings. The molecule has 0 radical (unpaired) electrons. The molecular weight excluding hydrogens is 176 g/mol. The van der Waals surface area contributed by atoms with Gasteiger partial charge in [-0.1, -0.05) is 31.2 Å². The number of fused-ring (bicyclic) bond motifs is 1. The lowest BCUT2D eigenvalue weighted by atomic mass is 10.1. The Morgan fingerprint density at radius 2 is 2.14 bits per heavy atom. The van der Waals surface area contributed by atoms with Crippen LogP contribution in [0.3, 0.4) is 0 Å². The van der Waals surface area contributed by atoms with Crippen molar-refractivity contribution in [3.63, 3.8) is 0 Å². The average Bonchev–Trinajstić information content (AvgIpc) is 2.62. The number of hydrogen-bond acceptors (Lipinski definition) is 2. The molecule has 1 aromatic rings. The van der Waals surface area contributed by atoms with Crippen molar-refractivity contribution < 1.29 is 9.53 Å². The Hall–Kier alpha value is -1.57. The highest BCUT2D eigenvalue weighted by molar-refractivity contribution is 5.93.